The molecule has 0 radical (unpaired) electrons. The highest BCUT2D eigenvalue weighted by Crippen LogP contribution is 2.98. The summed E-state index contributed by atoms with van der Waals surface area (Å²) in [6.07, 6.45) is 4.71. The highest BCUT2D eigenvalue weighted by Gasteiger charge is 3.02. The molecule has 138 valence electrons. The van der Waals surface area contributed by atoms with Crippen molar-refractivity contribution in [3.8, 4) is 0 Å². The van der Waals surface area contributed by atoms with Gasteiger partial charge in [0.1, 0.15) is 6.10 Å². The molecule has 1 saturated heterocycles. The van der Waals surface area contributed by atoms with Gasteiger partial charge in [-0.05, 0) is 78.9 Å². The van der Waals surface area contributed by atoms with Crippen LogP contribution in [0.15, 0.2) is 0 Å². The van der Waals surface area contributed by atoms with Gasteiger partial charge in [0.25, 0.3) is 0 Å². The van der Waals surface area contributed by atoms with Crippen LogP contribution in [0.3, 0.4) is 0 Å². The van der Waals surface area contributed by atoms with E-state index >= 15 is 0 Å². The van der Waals surface area contributed by atoms with Crippen molar-refractivity contribution in [2.75, 3.05) is 7.11 Å². The van der Waals surface area contributed by atoms with Gasteiger partial charge in [-0.3, -0.25) is 9.59 Å². The number of fused-ring (bicyclic) bond motifs is 1. The Hall–Kier alpha value is -0.580. The Morgan fingerprint density at radius 2 is 1.73 bits per heavy atom. The third-order valence-electron chi connectivity index (χ3n) is 11.2. The van der Waals surface area contributed by atoms with Crippen LogP contribution in [0, 0.1) is 70.0 Å². The van der Waals surface area contributed by atoms with Crippen molar-refractivity contribution in [3.05, 3.63) is 0 Å². The molecule has 9 fully saturated rings. The topological polar surface area (TPSA) is 52.6 Å². The van der Waals surface area contributed by atoms with E-state index in [1.165, 1.54) is 12.8 Å². The molecule has 14 unspecified atom stereocenters. The Bertz CT molecular complexity index is 812. The molecule has 26 heavy (non-hydrogen) atoms. The van der Waals surface area contributed by atoms with Crippen LogP contribution < -0.4 is 0 Å². The number of esters is 2. The molecule has 0 aromatic heterocycles. The minimum Gasteiger partial charge on any atom is -0.469 e. The Morgan fingerprint density at radius 1 is 1.00 bits per heavy atom. The summed E-state index contributed by atoms with van der Waals surface area (Å²) in [4.78, 5) is 27.8. The molecule has 0 aromatic carbocycles. The minimum absolute atomic E-state index is 0.00784. The van der Waals surface area contributed by atoms with Crippen molar-refractivity contribution in [1.29, 1.82) is 0 Å². The van der Waals surface area contributed by atoms with E-state index in [9.17, 15) is 9.59 Å². The Balaban J connectivity index is 1.47. The number of rotatable bonds is 1. The average molecular weight is 419 g/mol. The van der Waals surface area contributed by atoms with Crippen LogP contribution in [-0.2, 0) is 19.1 Å². The number of hydrogen-bond acceptors (Lipinski definition) is 4. The third-order valence-corrected chi connectivity index (χ3v) is 12.2. The smallest absolute Gasteiger partial charge is 0.314 e. The second kappa shape index (κ2) is 3.79. The summed E-state index contributed by atoms with van der Waals surface area (Å²) in [6.45, 7) is 0. The average Bonchev–Trinajstić information content (AvgIpc) is 3.41. The molecule has 4 nitrogen and oxygen atoms in total. The Kier molecular flexibility index (Phi) is 2.10. The van der Waals surface area contributed by atoms with Gasteiger partial charge in [-0.2, -0.15) is 0 Å². The molecule has 1 spiro atoms. The molecule has 9 aliphatic rings. The van der Waals surface area contributed by atoms with Crippen LogP contribution in [0.1, 0.15) is 25.7 Å². The molecule has 1 heterocycles. The molecule has 0 N–H and O–H groups in total. The number of halogens is 1. The molecule has 9 rings (SSSR count). The lowest BCUT2D eigenvalue weighted by atomic mass is 9.43. The van der Waals surface area contributed by atoms with Gasteiger partial charge < -0.3 is 9.47 Å². The van der Waals surface area contributed by atoms with Gasteiger partial charge in [-0.25, -0.2) is 0 Å². The third kappa shape index (κ3) is 0.931. The first-order valence-corrected chi connectivity index (χ1v) is 11.5. The van der Waals surface area contributed by atoms with Crippen molar-refractivity contribution in [2.24, 2.45) is 70.0 Å². The van der Waals surface area contributed by atoms with Crippen molar-refractivity contribution < 1.29 is 19.1 Å². The molecule has 8 saturated carbocycles. The van der Waals surface area contributed by atoms with E-state index in [1.54, 1.807) is 7.11 Å². The summed E-state index contributed by atoms with van der Waals surface area (Å²) < 4.78 is 11.7. The quantitative estimate of drug-likeness (QED) is 0.485. The molecule has 8 aliphatic carbocycles. The number of carbonyl (C=O) groups excluding carboxylic acids is 2. The summed E-state index contributed by atoms with van der Waals surface area (Å²) in [5.41, 5.74) is -1.08. The van der Waals surface area contributed by atoms with Gasteiger partial charge in [-0.15, -0.1) is 0 Å². The fraction of sp³-hybridized carbons (Fsp3) is 0.905. The van der Waals surface area contributed by atoms with E-state index in [0.717, 1.165) is 12.8 Å². The molecule has 14 atom stereocenters. The summed E-state index contributed by atoms with van der Waals surface area (Å²) in [5, 5.41) is 0. The van der Waals surface area contributed by atoms with Crippen molar-refractivity contribution in [1.82, 2.24) is 0 Å². The van der Waals surface area contributed by atoms with Gasteiger partial charge >= 0.3 is 11.9 Å². The van der Waals surface area contributed by atoms with Crippen LogP contribution in [0.25, 0.3) is 0 Å². The largest absolute Gasteiger partial charge is 0.469 e. The zero-order valence-electron chi connectivity index (χ0n) is 14.8. The number of ether oxygens (including phenoxy) is 2. The zero-order chi connectivity index (χ0) is 17.3. The molecule has 0 amide bonds. The maximum Gasteiger partial charge on any atom is 0.314 e. The van der Waals surface area contributed by atoms with E-state index in [0.29, 0.717) is 64.0 Å². The number of carbonyl (C=O) groups is 2. The van der Waals surface area contributed by atoms with Crippen molar-refractivity contribution in [3.63, 3.8) is 0 Å². The molecule has 0 aromatic rings. The minimum atomic E-state index is -0.558. The van der Waals surface area contributed by atoms with E-state index < -0.39 is 10.8 Å². The summed E-state index contributed by atoms with van der Waals surface area (Å²) in [6, 6.07) is 0. The molecular weight excluding hydrogens is 396 g/mol. The standard InChI is InChI=1S/C21H23BrO4/c1-25-18(23)20-15-7-3-5-9-11(7)17-13(15)12-14(21(17,20)19(24)26-9)6-2-4-8(22)10(6)16(12)20/h6-17H,2-5H2,1H3. The number of alkyl halides is 1. The summed E-state index contributed by atoms with van der Waals surface area (Å²) >= 11 is 3.97. The molecule has 1 aliphatic heterocycles. The van der Waals surface area contributed by atoms with Crippen LogP contribution >= 0.6 is 15.9 Å². The predicted molar refractivity (Wildman–Crippen MR) is 92.8 cm³/mol. The van der Waals surface area contributed by atoms with Crippen LogP contribution in [0.4, 0.5) is 0 Å². The lowest BCUT2D eigenvalue weighted by Crippen LogP contribution is -2.68. The highest BCUT2D eigenvalue weighted by molar-refractivity contribution is 9.09. The lowest BCUT2D eigenvalue weighted by molar-refractivity contribution is -0.232. The fourth-order valence-electron chi connectivity index (χ4n) is 11.8. The Labute approximate surface area is 160 Å². The van der Waals surface area contributed by atoms with E-state index in [-0.39, 0.29) is 18.0 Å². The van der Waals surface area contributed by atoms with Gasteiger partial charge in [0.15, 0.2) is 0 Å². The monoisotopic (exact) mass is 418 g/mol. The van der Waals surface area contributed by atoms with E-state index in [1.807, 2.05) is 0 Å². The van der Waals surface area contributed by atoms with Crippen LogP contribution in [0.2, 0.25) is 0 Å². The van der Waals surface area contributed by atoms with Gasteiger partial charge in [-0.1, -0.05) is 15.9 Å². The second-order valence-corrected chi connectivity index (χ2v) is 11.8. The molecular formula is C21H23BrO4. The molecule has 5 heteroatoms. The summed E-state index contributed by atoms with van der Waals surface area (Å²) in [5.74, 6) is 5.01. The van der Waals surface area contributed by atoms with Crippen molar-refractivity contribution >= 4 is 27.9 Å². The Morgan fingerprint density at radius 3 is 2.54 bits per heavy atom. The zero-order valence-corrected chi connectivity index (χ0v) is 16.4. The number of hydrogen-bond donors (Lipinski definition) is 0. The first-order valence-electron chi connectivity index (χ1n) is 10.5. The van der Waals surface area contributed by atoms with Gasteiger partial charge in [0, 0.05) is 10.7 Å². The number of methoxy groups -OCH3 is 1. The summed E-state index contributed by atoms with van der Waals surface area (Å²) in [7, 11) is 1.54. The normalized spacial score (nSPS) is 71.7. The maximum atomic E-state index is 13.7. The predicted octanol–water partition coefficient (Wildman–Crippen LogP) is 2.64. The SMILES string of the molecule is COC(=O)C12C3C4CCC5OC(=O)C16C1C7CCC(Br)C7C2C1C3C6C54. The highest BCUT2D eigenvalue weighted by atomic mass is 79.9. The second-order valence-electron chi connectivity index (χ2n) is 10.6. The lowest BCUT2D eigenvalue weighted by Gasteiger charge is -2.60. The maximum absolute atomic E-state index is 13.7. The first kappa shape index (κ1) is 14.4. The van der Waals surface area contributed by atoms with Crippen LogP contribution in [0.5, 0.6) is 0 Å². The fourth-order valence-corrected chi connectivity index (χ4v) is 12.8. The first-order chi connectivity index (χ1) is 12.6. The van der Waals surface area contributed by atoms with Crippen molar-refractivity contribution in [2.45, 2.75) is 36.6 Å². The molecule has 8 bridgehead atoms. The van der Waals surface area contributed by atoms with Gasteiger partial charge in [0.05, 0.1) is 17.9 Å². The van der Waals surface area contributed by atoms with E-state index in [2.05, 4.69) is 15.9 Å². The van der Waals surface area contributed by atoms with E-state index in [4.69, 9.17) is 9.47 Å². The van der Waals surface area contributed by atoms with Crippen LogP contribution in [-0.4, -0.2) is 30.0 Å². The van der Waals surface area contributed by atoms with Gasteiger partial charge in [0.2, 0.25) is 0 Å².